The number of ether oxygens (including phenoxy) is 1. The van der Waals surface area contributed by atoms with Gasteiger partial charge in [0.2, 0.25) is 8.38 Å². The minimum atomic E-state index is -1.34. The average Bonchev–Trinajstić information content (AvgIpc) is 2.99. The highest BCUT2D eigenvalue weighted by molar-refractivity contribution is 7.56. The molecule has 0 bridgehead atoms. The van der Waals surface area contributed by atoms with Crippen molar-refractivity contribution in [3.8, 4) is 17.6 Å². The molecule has 1 aliphatic carbocycles. The first-order chi connectivity index (χ1) is 12.1. The van der Waals surface area contributed by atoms with Gasteiger partial charge < -0.3 is 13.8 Å². The van der Waals surface area contributed by atoms with Gasteiger partial charge in [0.25, 0.3) is 0 Å². The predicted molar refractivity (Wildman–Crippen MR) is 90.9 cm³/mol. The van der Waals surface area contributed by atoms with Crippen LogP contribution in [-0.4, -0.2) is 20.0 Å². The number of hydrogen-bond acceptors (Lipinski definition) is 5. The molecule has 2 aromatic carbocycles. The number of carbonyl (C=O) groups excluding carboxylic acids is 1. The van der Waals surface area contributed by atoms with Gasteiger partial charge in [0, 0.05) is 43.1 Å². The predicted octanol–water partition coefficient (Wildman–Crippen LogP) is 3.85. The molecule has 0 spiro atoms. The SMILES string of the molecule is COP(OC)c1ccc(Oc2cc(F)cc(C#N)c2)c2c1C(=O)CC2. The Balaban J connectivity index is 2.03. The normalized spacial score (nSPS) is 13.0. The maximum absolute atomic E-state index is 13.6. The molecule has 0 amide bonds. The molecular weight excluding hydrogens is 344 g/mol. The molecule has 0 atom stereocenters. The van der Waals surface area contributed by atoms with Gasteiger partial charge in [0.15, 0.2) is 5.78 Å². The van der Waals surface area contributed by atoms with Crippen LogP contribution in [0.5, 0.6) is 11.5 Å². The van der Waals surface area contributed by atoms with Crippen molar-refractivity contribution >= 4 is 19.5 Å². The minimum absolute atomic E-state index is 0.00834. The largest absolute Gasteiger partial charge is 0.457 e. The quantitative estimate of drug-likeness (QED) is 0.759. The van der Waals surface area contributed by atoms with E-state index in [1.165, 1.54) is 26.4 Å². The number of ketones is 1. The topological polar surface area (TPSA) is 68.6 Å². The molecule has 3 rings (SSSR count). The van der Waals surface area contributed by atoms with E-state index >= 15 is 0 Å². The molecule has 0 radical (unpaired) electrons. The van der Waals surface area contributed by atoms with Gasteiger partial charge in [0.05, 0.1) is 11.6 Å². The Kier molecular flexibility index (Phi) is 5.10. The number of rotatable bonds is 5. The fourth-order valence-corrected chi connectivity index (χ4v) is 4.05. The summed E-state index contributed by atoms with van der Waals surface area (Å²) in [6.45, 7) is 0. The second kappa shape index (κ2) is 7.28. The molecule has 1 aliphatic rings. The number of fused-ring (bicyclic) bond motifs is 1. The summed E-state index contributed by atoms with van der Waals surface area (Å²) >= 11 is 0. The van der Waals surface area contributed by atoms with E-state index in [4.69, 9.17) is 19.0 Å². The van der Waals surface area contributed by atoms with Crippen molar-refractivity contribution in [2.75, 3.05) is 14.2 Å². The van der Waals surface area contributed by atoms with Crippen molar-refractivity contribution in [2.24, 2.45) is 0 Å². The third kappa shape index (κ3) is 3.40. The van der Waals surface area contributed by atoms with Gasteiger partial charge >= 0.3 is 0 Å². The van der Waals surface area contributed by atoms with Gasteiger partial charge in [-0.3, -0.25) is 4.79 Å². The zero-order valence-electron chi connectivity index (χ0n) is 13.7. The second-order valence-corrected chi connectivity index (χ2v) is 7.10. The summed E-state index contributed by atoms with van der Waals surface area (Å²) in [5.41, 5.74) is 1.48. The standard InChI is InChI=1S/C18H15FNO4P/c1-22-25(23-2)17-6-5-16(14-3-4-15(21)18(14)17)24-13-8-11(10-20)7-12(19)9-13/h5-9H,3-4H2,1-2H3. The molecular formula is C18H15FNO4P. The first kappa shape index (κ1) is 17.5. The highest BCUT2D eigenvalue weighted by Gasteiger charge is 2.30. The zero-order chi connectivity index (χ0) is 18.0. The Morgan fingerprint density at radius 3 is 2.60 bits per heavy atom. The molecule has 0 heterocycles. The number of nitrogens with zero attached hydrogens (tertiary/aromatic N) is 1. The third-order valence-corrected chi connectivity index (χ3v) is 5.31. The molecule has 0 aromatic heterocycles. The van der Waals surface area contributed by atoms with Gasteiger partial charge in [0.1, 0.15) is 17.3 Å². The molecule has 0 N–H and O–H groups in total. The smallest absolute Gasteiger partial charge is 0.205 e. The molecule has 0 unspecified atom stereocenters. The molecule has 7 heteroatoms. The van der Waals surface area contributed by atoms with Crippen molar-refractivity contribution in [1.29, 1.82) is 5.26 Å². The van der Waals surface area contributed by atoms with Crippen LogP contribution >= 0.6 is 8.38 Å². The van der Waals surface area contributed by atoms with Crippen LogP contribution in [0.3, 0.4) is 0 Å². The highest BCUT2D eigenvalue weighted by atomic mass is 31.2. The van der Waals surface area contributed by atoms with Gasteiger partial charge in [-0.15, -0.1) is 0 Å². The Labute approximate surface area is 145 Å². The number of halogens is 1. The number of Topliss-reactive ketones (excluding diaryl/α,β-unsaturated/α-hetero) is 1. The van der Waals surface area contributed by atoms with Crippen LogP contribution < -0.4 is 10.0 Å². The fraction of sp³-hybridized carbons (Fsp3) is 0.222. The maximum atomic E-state index is 13.6. The summed E-state index contributed by atoms with van der Waals surface area (Å²) in [6, 6.07) is 9.14. The molecule has 0 saturated heterocycles. The maximum Gasteiger partial charge on any atom is 0.205 e. The van der Waals surface area contributed by atoms with Crippen molar-refractivity contribution < 1.29 is 23.0 Å². The average molecular weight is 359 g/mol. The third-order valence-electron chi connectivity index (χ3n) is 3.89. The van der Waals surface area contributed by atoms with Crippen molar-refractivity contribution in [3.63, 3.8) is 0 Å². The van der Waals surface area contributed by atoms with Crippen LogP contribution in [0.2, 0.25) is 0 Å². The summed E-state index contributed by atoms with van der Waals surface area (Å²) in [5, 5.41) is 9.66. The van der Waals surface area contributed by atoms with Gasteiger partial charge in [-0.2, -0.15) is 5.26 Å². The number of hydrogen-bond donors (Lipinski definition) is 0. The van der Waals surface area contributed by atoms with E-state index < -0.39 is 14.2 Å². The summed E-state index contributed by atoms with van der Waals surface area (Å²) in [5.74, 6) is 0.141. The molecule has 128 valence electrons. The Morgan fingerprint density at radius 1 is 1.16 bits per heavy atom. The second-order valence-electron chi connectivity index (χ2n) is 5.37. The van der Waals surface area contributed by atoms with Crippen LogP contribution in [0.15, 0.2) is 30.3 Å². The molecule has 5 nitrogen and oxygen atoms in total. The summed E-state index contributed by atoms with van der Waals surface area (Å²) in [4.78, 5) is 12.3. The molecule has 25 heavy (non-hydrogen) atoms. The fourth-order valence-electron chi connectivity index (χ4n) is 2.87. The lowest BCUT2D eigenvalue weighted by molar-refractivity contribution is 0.0995. The van der Waals surface area contributed by atoms with E-state index in [-0.39, 0.29) is 17.1 Å². The summed E-state index contributed by atoms with van der Waals surface area (Å²) < 4.78 is 30.0. The zero-order valence-corrected chi connectivity index (χ0v) is 14.6. The number of benzene rings is 2. The van der Waals surface area contributed by atoms with Crippen molar-refractivity contribution in [2.45, 2.75) is 12.8 Å². The first-order valence-corrected chi connectivity index (χ1v) is 8.71. The Morgan fingerprint density at radius 2 is 1.92 bits per heavy atom. The van der Waals surface area contributed by atoms with E-state index in [0.29, 0.717) is 29.5 Å². The number of carbonyl (C=O) groups is 1. The Hall–Kier alpha value is -2.32. The highest BCUT2D eigenvalue weighted by Crippen LogP contribution is 2.42. The van der Waals surface area contributed by atoms with Crippen molar-refractivity contribution in [1.82, 2.24) is 0 Å². The van der Waals surface area contributed by atoms with E-state index in [0.717, 1.165) is 11.6 Å². The lowest BCUT2D eigenvalue weighted by Crippen LogP contribution is -2.14. The van der Waals surface area contributed by atoms with E-state index in [1.54, 1.807) is 12.1 Å². The molecule has 0 fully saturated rings. The van der Waals surface area contributed by atoms with Crippen LogP contribution in [0.1, 0.15) is 27.9 Å². The monoisotopic (exact) mass is 359 g/mol. The lowest BCUT2D eigenvalue weighted by atomic mass is 10.1. The summed E-state index contributed by atoms with van der Waals surface area (Å²) in [6.07, 6.45) is 0.917. The Bertz CT molecular complexity index is 874. The van der Waals surface area contributed by atoms with Gasteiger partial charge in [-0.05, 0) is 30.7 Å². The van der Waals surface area contributed by atoms with Gasteiger partial charge in [-0.1, -0.05) is 0 Å². The minimum Gasteiger partial charge on any atom is -0.457 e. The molecule has 2 aromatic rings. The van der Waals surface area contributed by atoms with E-state index in [1.807, 2.05) is 6.07 Å². The van der Waals surface area contributed by atoms with Crippen LogP contribution in [0.4, 0.5) is 4.39 Å². The first-order valence-electron chi connectivity index (χ1n) is 7.53. The van der Waals surface area contributed by atoms with Crippen LogP contribution in [-0.2, 0) is 15.5 Å². The molecule has 0 saturated carbocycles. The lowest BCUT2D eigenvalue weighted by Gasteiger charge is -2.17. The molecule has 0 aliphatic heterocycles. The van der Waals surface area contributed by atoms with Gasteiger partial charge in [-0.25, -0.2) is 4.39 Å². The number of nitriles is 1. The van der Waals surface area contributed by atoms with E-state index in [2.05, 4.69) is 0 Å². The van der Waals surface area contributed by atoms with Crippen LogP contribution in [0, 0.1) is 17.1 Å². The van der Waals surface area contributed by atoms with Crippen LogP contribution in [0.25, 0.3) is 0 Å². The van der Waals surface area contributed by atoms with Crippen molar-refractivity contribution in [3.05, 3.63) is 52.8 Å². The summed E-state index contributed by atoms with van der Waals surface area (Å²) in [7, 11) is 1.71. The van der Waals surface area contributed by atoms with E-state index in [9.17, 15) is 9.18 Å².